The van der Waals surface area contributed by atoms with Gasteiger partial charge in [-0.1, -0.05) is 6.07 Å². The Morgan fingerprint density at radius 3 is 3.00 bits per heavy atom. The SMILES string of the molecule is CC(C)NC(=O)C1COCCN1c1cccc(F)c1CO. The van der Waals surface area contributed by atoms with Crippen molar-refractivity contribution < 1.29 is 19.0 Å². The molecule has 1 fully saturated rings. The second-order valence-corrected chi connectivity index (χ2v) is 5.34. The van der Waals surface area contributed by atoms with Crippen LogP contribution < -0.4 is 10.2 Å². The molecule has 0 radical (unpaired) electrons. The molecule has 1 atom stereocenters. The number of carbonyl (C=O) groups is 1. The maximum absolute atomic E-state index is 13.8. The number of amides is 1. The van der Waals surface area contributed by atoms with Gasteiger partial charge in [-0.25, -0.2) is 4.39 Å². The monoisotopic (exact) mass is 296 g/mol. The van der Waals surface area contributed by atoms with E-state index in [1.807, 2.05) is 13.8 Å². The smallest absolute Gasteiger partial charge is 0.245 e. The topological polar surface area (TPSA) is 61.8 Å². The van der Waals surface area contributed by atoms with E-state index in [0.29, 0.717) is 18.8 Å². The summed E-state index contributed by atoms with van der Waals surface area (Å²) >= 11 is 0. The number of hydrogen-bond donors (Lipinski definition) is 2. The van der Waals surface area contributed by atoms with Gasteiger partial charge in [-0.3, -0.25) is 4.79 Å². The van der Waals surface area contributed by atoms with Crippen LogP contribution in [0.2, 0.25) is 0 Å². The third-order valence-electron chi connectivity index (χ3n) is 3.42. The third kappa shape index (κ3) is 3.51. The van der Waals surface area contributed by atoms with E-state index in [4.69, 9.17) is 4.74 Å². The molecular weight excluding hydrogens is 275 g/mol. The standard InChI is InChI=1S/C15H21FN2O3/c1-10(2)17-15(20)14-9-21-7-6-18(14)13-5-3-4-12(16)11(13)8-19/h3-5,10,14,19H,6-9H2,1-2H3,(H,17,20). The van der Waals surface area contributed by atoms with Gasteiger partial charge < -0.3 is 20.1 Å². The summed E-state index contributed by atoms with van der Waals surface area (Å²) in [6, 6.07) is 4.10. The largest absolute Gasteiger partial charge is 0.391 e. The van der Waals surface area contributed by atoms with Gasteiger partial charge in [-0.2, -0.15) is 0 Å². The highest BCUT2D eigenvalue weighted by Gasteiger charge is 2.31. The van der Waals surface area contributed by atoms with Crippen LogP contribution >= 0.6 is 0 Å². The molecule has 1 amide bonds. The normalized spacial score (nSPS) is 18.9. The minimum absolute atomic E-state index is 0.0195. The summed E-state index contributed by atoms with van der Waals surface area (Å²) in [4.78, 5) is 14.1. The Bertz CT molecular complexity index is 508. The number of aliphatic hydroxyl groups excluding tert-OH is 1. The molecule has 2 N–H and O–H groups in total. The molecule has 5 nitrogen and oxygen atoms in total. The predicted octanol–water partition coefficient (Wildman–Crippen LogP) is 1.05. The Kier molecular flexibility index (Phi) is 5.14. The van der Waals surface area contributed by atoms with Gasteiger partial charge in [-0.15, -0.1) is 0 Å². The first-order valence-electron chi connectivity index (χ1n) is 7.07. The number of nitrogens with one attached hydrogen (secondary N) is 1. The molecule has 0 aliphatic carbocycles. The molecule has 1 aromatic rings. The number of hydrogen-bond acceptors (Lipinski definition) is 4. The van der Waals surface area contributed by atoms with Gasteiger partial charge in [0.05, 0.1) is 19.8 Å². The number of rotatable bonds is 4. The van der Waals surface area contributed by atoms with E-state index < -0.39 is 18.5 Å². The summed E-state index contributed by atoms with van der Waals surface area (Å²) in [5, 5.41) is 12.2. The summed E-state index contributed by atoms with van der Waals surface area (Å²) < 4.78 is 19.2. The molecule has 0 aromatic heterocycles. The van der Waals surface area contributed by atoms with E-state index in [1.165, 1.54) is 6.07 Å². The fraction of sp³-hybridized carbons (Fsp3) is 0.533. The summed E-state index contributed by atoms with van der Waals surface area (Å²) in [6.45, 7) is 4.55. The van der Waals surface area contributed by atoms with E-state index >= 15 is 0 Å². The highest BCUT2D eigenvalue weighted by atomic mass is 19.1. The number of anilines is 1. The average Bonchev–Trinajstić information content (AvgIpc) is 2.46. The maximum atomic E-state index is 13.8. The lowest BCUT2D eigenvalue weighted by Crippen LogP contribution is -2.55. The number of morpholine rings is 1. The lowest BCUT2D eigenvalue weighted by Gasteiger charge is -2.37. The Morgan fingerprint density at radius 1 is 1.57 bits per heavy atom. The number of halogens is 1. The fourth-order valence-corrected chi connectivity index (χ4v) is 2.46. The zero-order valence-corrected chi connectivity index (χ0v) is 12.3. The number of ether oxygens (including phenoxy) is 1. The van der Waals surface area contributed by atoms with Gasteiger partial charge in [0.25, 0.3) is 0 Å². The molecule has 1 saturated heterocycles. The Morgan fingerprint density at radius 2 is 2.33 bits per heavy atom. The van der Waals surface area contributed by atoms with Crippen LogP contribution in [0.1, 0.15) is 19.4 Å². The van der Waals surface area contributed by atoms with Gasteiger partial charge in [0.2, 0.25) is 5.91 Å². The van der Waals surface area contributed by atoms with Gasteiger partial charge in [0.15, 0.2) is 0 Å². The van der Waals surface area contributed by atoms with Crippen molar-refractivity contribution in [2.75, 3.05) is 24.7 Å². The number of benzene rings is 1. The van der Waals surface area contributed by atoms with Crippen molar-refractivity contribution in [3.05, 3.63) is 29.6 Å². The number of nitrogens with zero attached hydrogens (tertiary/aromatic N) is 1. The van der Waals surface area contributed by atoms with E-state index in [-0.39, 0.29) is 24.1 Å². The van der Waals surface area contributed by atoms with Gasteiger partial charge in [0, 0.05) is 23.8 Å². The maximum Gasteiger partial charge on any atom is 0.245 e. The molecule has 1 heterocycles. The Hall–Kier alpha value is -1.66. The Labute approximate surface area is 123 Å². The van der Waals surface area contributed by atoms with Crippen LogP contribution in [-0.2, 0) is 16.1 Å². The molecule has 2 rings (SSSR count). The minimum atomic E-state index is -0.520. The first-order chi connectivity index (χ1) is 10.0. The predicted molar refractivity (Wildman–Crippen MR) is 77.6 cm³/mol. The van der Waals surface area contributed by atoms with Gasteiger partial charge >= 0.3 is 0 Å². The molecule has 1 aromatic carbocycles. The van der Waals surface area contributed by atoms with Crippen molar-refractivity contribution in [2.24, 2.45) is 0 Å². The van der Waals surface area contributed by atoms with Crippen LogP contribution in [-0.4, -0.2) is 42.9 Å². The van der Waals surface area contributed by atoms with E-state index in [0.717, 1.165) is 0 Å². The molecule has 1 aliphatic rings. The van der Waals surface area contributed by atoms with Crippen LogP contribution in [0.4, 0.5) is 10.1 Å². The van der Waals surface area contributed by atoms with Crippen LogP contribution in [0.3, 0.4) is 0 Å². The first-order valence-corrected chi connectivity index (χ1v) is 7.07. The summed E-state index contributed by atoms with van der Waals surface area (Å²) in [6.07, 6.45) is 0. The van der Waals surface area contributed by atoms with Gasteiger partial charge in [-0.05, 0) is 26.0 Å². The van der Waals surface area contributed by atoms with Crippen LogP contribution in [0.25, 0.3) is 0 Å². The highest BCUT2D eigenvalue weighted by molar-refractivity contribution is 5.86. The van der Waals surface area contributed by atoms with Crippen LogP contribution in [0, 0.1) is 5.82 Å². The van der Waals surface area contributed by atoms with Gasteiger partial charge in [0.1, 0.15) is 11.9 Å². The molecule has 116 valence electrons. The molecule has 0 saturated carbocycles. The van der Waals surface area contributed by atoms with Crippen molar-refractivity contribution in [2.45, 2.75) is 32.5 Å². The van der Waals surface area contributed by atoms with Crippen LogP contribution in [0.15, 0.2) is 18.2 Å². The van der Waals surface area contributed by atoms with E-state index in [9.17, 15) is 14.3 Å². The second-order valence-electron chi connectivity index (χ2n) is 5.34. The summed E-state index contributed by atoms with van der Waals surface area (Å²) in [5.41, 5.74) is 0.756. The lowest BCUT2D eigenvalue weighted by atomic mass is 10.1. The second kappa shape index (κ2) is 6.87. The molecule has 0 spiro atoms. The molecule has 6 heteroatoms. The quantitative estimate of drug-likeness (QED) is 0.872. The summed E-state index contributed by atoms with van der Waals surface area (Å²) in [5.74, 6) is -0.623. The number of aliphatic hydroxyl groups is 1. The van der Waals surface area contributed by atoms with Crippen molar-refractivity contribution >= 4 is 11.6 Å². The summed E-state index contributed by atoms with van der Waals surface area (Å²) in [7, 11) is 0. The molecule has 0 bridgehead atoms. The Balaban J connectivity index is 2.31. The van der Waals surface area contributed by atoms with Crippen molar-refractivity contribution in [3.8, 4) is 0 Å². The number of carbonyl (C=O) groups excluding carboxylic acids is 1. The zero-order chi connectivity index (χ0) is 15.4. The van der Waals surface area contributed by atoms with Crippen molar-refractivity contribution in [1.29, 1.82) is 0 Å². The van der Waals surface area contributed by atoms with Crippen molar-refractivity contribution in [3.63, 3.8) is 0 Å². The van der Waals surface area contributed by atoms with Crippen LogP contribution in [0.5, 0.6) is 0 Å². The molecular formula is C15H21FN2O3. The van der Waals surface area contributed by atoms with E-state index in [2.05, 4.69) is 5.32 Å². The highest BCUT2D eigenvalue weighted by Crippen LogP contribution is 2.26. The molecule has 1 unspecified atom stereocenters. The average molecular weight is 296 g/mol. The van der Waals surface area contributed by atoms with Crippen molar-refractivity contribution in [1.82, 2.24) is 5.32 Å². The third-order valence-corrected chi connectivity index (χ3v) is 3.42. The van der Waals surface area contributed by atoms with E-state index in [1.54, 1.807) is 17.0 Å². The first kappa shape index (κ1) is 15.7. The molecule has 21 heavy (non-hydrogen) atoms. The lowest BCUT2D eigenvalue weighted by molar-refractivity contribution is -0.125. The zero-order valence-electron chi connectivity index (χ0n) is 12.3. The minimum Gasteiger partial charge on any atom is -0.391 e. The molecule has 1 aliphatic heterocycles. The fourth-order valence-electron chi connectivity index (χ4n) is 2.46.